The molecule has 0 fully saturated rings. The number of aromatic hydroxyl groups is 1. The molecule has 0 aromatic heterocycles. The first kappa shape index (κ1) is 15.3. The van der Waals surface area contributed by atoms with Gasteiger partial charge in [0.1, 0.15) is 11.6 Å². The predicted molar refractivity (Wildman–Crippen MR) is 79.9 cm³/mol. The summed E-state index contributed by atoms with van der Waals surface area (Å²) in [5.74, 6) is 0.300. The average molecular weight is 312 g/mol. The predicted octanol–water partition coefficient (Wildman–Crippen LogP) is 3.81. The molecule has 0 aliphatic carbocycles. The van der Waals surface area contributed by atoms with Gasteiger partial charge in [-0.25, -0.2) is 4.39 Å². The van der Waals surface area contributed by atoms with Crippen molar-refractivity contribution in [3.63, 3.8) is 0 Å². The van der Waals surface area contributed by atoms with Crippen molar-refractivity contribution in [3.05, 3.63) is 46.7 Å². The van der Waals surface area contributed by atoms with Gasteiger partial charge >= 0.3 is 0 Å². The van der Waals surface area contributed by atoms with Crippen LogP contribution in [0.15, 0.2) is 30.3 Å². The maximum atomic E-state index is 13.1. The van der Waals surface area contributed by atoms with E-state index < -0.39 is 0 Å². The van der Waals surface area contributed by atoms with Crippen molar-refractivity contribution in [1.29, 1.82) is 0 Å². The molecule has 2 N–H and O–H groups in total. The second-order valence-electron chi connectivity index (χ2n) is 4.31. The summed E-state index contributed by atoms with van der Waals surface area (Å²) in [5, 5.41) is 13.6. The highest BCUT2D eigenvalue weighted by Gasteiger charge is 2.11. The molecule has 2 rings (SSSR count). The third kappa shape index (κ3) is 3.49. The van der Waals surface area contributed by atoms with Gasteiger partial charge in [-0.05, 0) is 18.2 Å². The third-order valence-electron chi connectivity index (χ3n) is 2.97. The van der Waals surface area contributed by atoms with Gasteiger partial charge in [0, 0.05) is 29.3 Å². The molecule has 0 saturated carbocycles. The molecule has 0 unspecified atom stereocenters. The number of anilines is 1. The molecule has 0 aliphatic rings. The lowest BCUT2D eigenvalue weighted by molar-refractivity contribution is 0.371. The van der Waals surface area contributed by atoms with Crippen molar-refractivity contribution in [2.24, 2.45) is 0 Å². The summed E-state index contributed by atoms with van der Waals surface area (Å²) in [5.41, 5.74) is 1.17. The van der Waals surface area contributed by atoms with Gasteiger partial charge in [0.05, 0.1) is 19.9 Å². The van der Waals surface area contributed by atoms with Crippen LogP contribution >= 0.6 is 11.6 Å². The molecule has 0 aliphatic heterocycles. The molecule has 21 heavy (non-hydrogen) atoms. The van der Waals surface area contributed by atoms with Crippen molar-refractivity contribution in [1.82, 2.24) is 0 Å². The Morgan fingerprint density at radius 1 is 1.14 bits per heavy atom. The molecular formula is C15H15ClFNO3. The van der Waals surface area contributed by atoms with E-state index in [9.17, 15) is 9.50 Å². The number of benzene rings is 2. The highest BCUT2D eigenvalue weighted by Crippen LogP contribution is 2.34. The Morgan fingerprint density at radius 3 is 2.52 bits per heavy atom. The Balaban J connectivity index is 2.22. The van der Waals surface area contributed by atoms with Crippen molar-refractivity contribution in [2.75, 3.05) is 19.5 Å². The number of methoxy groups -OCH3 is 2. The lowest BCUT2D eigenvalue weighted by Crippen LogP contribution is -2.02. The second-order valence-corrected chi connectivity index (χ2v) is 4.75. The zero-order chi connectivity index (χ0) is 15.4. The van der Waals surface area contributed by atoms with Gasteiger partial charge in [-0.3, -0.25) is 0 Å². The van der Waals surface area contributed by atoms with Gasteiger partial charge in [0.2, 0.25) is 0 Å². The number of phenolic OH excluding ortho intramolecular Hbond substituents is 1. The summed E-state index contributed by atoms with van der Waals surface area (Å²) in [6.07, 6.45) is 0. The van der Waals surface area contributed by atoms with E-state index in [1.165, 1.54) is 32.4 Å². The fraction of sp³-hybridized carbons (Fsp3) is 0.200. The first-order chi connectivity index (χ1) is 10.0. The summed E-state index contributed by atoms with van der Waals surface area (Å²) in [4.78, 5) is 0. The lowest BCUT2D eigenvalue weighted by Gasteiger charge is -2.13. The molecule has 112 valence electrons. The average Bonchev–Trinajstić information content (AvgIpc) is 2.48. The van der Waals surface area contributed by atoms with Crippen LogP contribution in [0.5, 0.6) is 17.2 Å². The zero-order valence-electron chi connectivity index (χ0n) is 11.6. The Morgan fingerprint density at radius 2 is 1.86 bits per heavy atom. The Hall–Kier alpha value is -2.14. The van der Waals surface area contributed by atoms with Gasteiger partial charge < -0.3 is 19.9 Å². The first-order valence-corrected chi connectivity index (χ1v) is 6.55. The number of hydrogen-bond acceptors (Lipinski definition) is 4. The SMILES string of the molecule is COc1cc(F)ccc1NCc1cc(Cl)cc(OC)c1O. The molecule has 0 spiro atoms. The Kier molecular flexibility index (Phi) is 4.75. The summed E-state index contributed by atoms with van der Waals surface area (Å²) < 4.78 is 23.3. The standard InChI is InChI=1S/C15H15ClFNO3/c1-20-13-7-11(17)3-4-12(13)18-8-9-5-10(16)6-14(21-2)15(9)19/h3-7,18-19H,8H2,1-2H3. The number of nitrogens with one attached hydrogen (secondary N) is 1. The molecule has 6 heteroatoms. The van der Waals surface area contributed by atoms with E-state index in [2.05, 4.69) is 5.32 Å². The molecule has 0 radical (unpaired) electrons. The highest BCUT2D eigenvalue weighted by molar-refractivity contribution is 6.30. The van der Waals surface area contributed by atoms with Crippen LogP contribution < -0.4 is 14.8 Å². The second kappa shape index (κ2) is 6.54. The molecule has 2 aromatic carbocycles. The van der Waals surface area contributed by atoms with Gasteiger partial charge in [-0.2, -0.15) is 0 Å². The fourth-order valence-corrected chi connectivity index (χ4v) is 2.15. The minimum Gasteiger partial charge on any atom is -0.504 e. The normalized spacial score (nSPS) is 10.3. The van der Waals surface area contributed by atoms with E-state index in [0.717, 1.165) is 0 Å². The largest absolute Gasteiger partial charge is 0.504 e. The van der Waals surface area contributed by atoms with Crippen LogP contribution in [0.1, 0.15) is 5.56 Å². The molecule has 0 bridgehead atoms. The van der Waals surface area contributed by atoms with Gasteiger partial charge in [0.15, 0.2) is 11.5 Å². The molecule has 0 saturated heterocycles. The van der Waals surface area contributed by atoms with Crippen molar-refractivity contribution in [2.45, 2.75) is 6.54 Å². The zero-order valence-corrected chi connectivity index (χ0v) is 12.4. The van der Waals surface area contributed by atoms with Gasteiger partial charge in [-0.1, -0.05) is 11.6 Å². The molecule has 2 aromatic rings. The van der Waals surface area contributed by atoms with Crippen molar-refractivity contribution < 1.29 is 19.0 Å². The van der Waals surface area contributed by atoms with Crippen LogP contribution in [0.3, 0.4) is 0 Å². The Bertz CT molecular complexity index is 649. The third-order valence-corrected chi connectivity index (χ3v) is 3.19. The minimum atomic E-state index is -0.385. The van der Waals surface area contributed by atoms with Crippen LogP contribution in [0.2, 0.25) is 5.02 Å². The summed E-state index contributed by atoms with van der Waals surface area (Å²) in [6.45, 7) is 0.282. The molecule has 0 amide bonds. The van der Waals surface area contributed by atoms with Crippen molar-refractivity contribution >= 4 is 17.3 Å². The molecular weight excluding hydrogens is 297 g/mol. The summed E-state index contributed by atoms with van der Waals surface area (Å²) in [7, 11) is 2.91. The van der Waals surface area contributed by atoms with E-state index >= 15 is 0 Å². The number of rotatable bonds is 5. The van der Waals surface area contributed by atoms with E-state index in [0.29, 0.717) is 27.8 Å². The van der Waals surface area contributed by atoms with Gasteiger partial charge in [-0.15, -0.1) is 0 Å². The van der Waals surface area contributed by atoms with Crippen LogP contribution in [-0.4, -0.2) is 19.3 Å². The van der Waals surface area contributed by atoms with Crippen LogP contribution in [-0.2, 0) is 6.54 Å². The topological polar surface area (TPSA) is 50.7 Å². The maximum Gasteiger partial charge on any atom is 0.162 e. The monoisotopic (exact) mass is 311 g/mol. The lowest BCUT2D eigenvalue weighted by atomic mass is 10.1. The van der Waals surface area contributed by atoms with Crippen LogP contribution in [0, 0.1) is 5.82 Å². The Labute approximate surface area is 127 Å². The van der Waals surface area contributed by atoms with E-state index in [-0.39, 0.29) is 18.1 Å². The molecule has 0 atom stereocenters. The van der Waals surface area contributed by atoms with E-state index in [1.54, 1.807) is 12.1 Å². The van der Waals surface area contributed by atoms with Crippen LogP contribution in [0.25, 0.3) is 0 Å². The fourth-order valence-electron chi connectivity index (χ4n) is 1.92. The summed E-state index contributed by atoms with van der Waals surface area (Å²) >= 11 is 5.97. The van der Waals surface area contributed by atoms with Crippen molar-refractivity contribution in [3.8, 4) is 17.2 Å². The molecule has 0 heterocycles. The number of ether oxygens (including phenoxy) is 2. The summed E-state index contributed by atoms with van der Waals surface area (Å²) in [6, 6.07) is 7.32. The number of halogens is 2. The quantitative estimate of drug-likeness (QED) is 0.881. The highest BCUT2D eigenvalue weighted by atomic mass is 35.5. The number of phenols is 1. The number of hydrogen-bond donors (Lipinski definition) is 2. The van der Waals surface area contributed by atoms with Gasteiger partial charge in [0.25, 0.3) is 0 Å². The van der Waals surface area contributed by atoms with E-state index in [4.69, 9.17) is 21.1 Å². The first-order valence-electron chi connectivity index (χ1n) is 6.18. The molecule has 4 nitrogen and oxygen atoms in total. The van der Waals surface area contributed by atoms with Crippen LogP contribution in [0.4, 0.5) is 10.1 Å². The smallest absolute Gasteiger partial charge is 0.162 e. The maximum absolute atomic E-state index is 13.1. The van der Waals surface area contributed by atoms with E-state index in [1.807, 2.05) is 0 Å². The minimum absolute atomic E-state index is 0.00970.